The van der Waals surface area contributed by atoms with Crippen LogP contribution in [0.3, 0.4) is 0 Å². The van der Waals surface area contributed by atoms with E-state index in [2.05, 4.69) is 6.07 Å². The van der Waals surface area contributed by atoms with Gasteiger partial charge in [-0.05, 0) is 35.7 Å². The molecule has 166 valence electrons. The fourth-order valence-corrected chi connectivity index (χ4v) is 5.09. The van der Waals surface area contributed by atoms with Crippen molar-refractivity contribution in [1.29, 1.82) is 0 Å². The molecule has 0 bridgehead atoms. The molecule has 0 atom stereocenters. The topological polar surface area (TPSA) is 89.2 Å². The molecule has 0 saturated carbocycles. The SMILES string of the molecule is O=C(O)COc1ccc2c(c1)Cc1cccc(-c3cc(=O)cc(N4CCOCC4)o3)c1S2.[H-].[Na+]. The summed E-state index contributed by atoms with van der Waals surface area (Å²) in [6.45, 7) is 2.23. The normalized spacial score (nSPS) is 14.6. The van der Waals surface area contributed by atoms with Gasteiger partial charge in [0.25, 0.3) is 0 Å². The maximum Gasteiger partial charge on any atom is 1.00 e. The molecule has 3 aromatic rings. The van der Waals surface area contributed by atoms with Gasteiger partial charge < -0.3 is 25.3 Å². The van der Waals surface area contributed by atoms with Crippen LogP contribution in [-0.4, -0.2) is 44.0 Å². The van der Waals surface area contributed by atoms with Gasteiger partial charge in [-0.3, -0.25) is 4.79 Å². The predicted molar refractivity (Wildman–Crippen MR) is 121 cm³/mol. The summed E-state index contributed by atoms with van der Waals surface area (Å²) >= 11 is 1.62. The third kappa shape index (κ3) is 5.31. The van der Waals surface area contributed by atoms with Gasteiger partial charge in [-0.2, -0.15) is 0 Å². The second-order valence-electron chi connectivity index (χ2n) is 7.62. The first-order chi connectivity index (χ1) is 15.6. The van der Waals surface area contributed by atoms with Crippen LogP contribution in [-0.2, 0) is 16.0 Å². The molecule has 1 saturated heterocycles. The summed E-state index contributed by atoms with van der Waals surface area (Å²) in [7, 11) is 0. The van der Waals surface area contributed by atoms with Crippen molar-refractivity contribution < 1.29 is 54.8 Å². The van der Waals surface area contributed by atoms with Gasteiger partial charge in [0.2, 0.25) is 0 Å². The zero-order chi connectivity index (χ0) is 22.1. The minimum atomic E-state index is -1.01. The second kappa shape index (κ2) is 10.4. The van der Waals surface area contributed by atoms with E-state index in [0.29, 0.717) is 50.1 Å². The molecular weight excluding hydrogens is 453 g/mol. The number of carbonyl (C=O) groups is 1. The van der Waals surface area contributed by atoms with Crippen LogP contribution in [0.15, 0.2) is 67.5 Å². The Bertz CT molecular complexity index is 1240. The summed E-state index contributed by atoms with van der Waals surface area (Å²) in [6, 6.07) is 14.7. The Morgan fingerprint density at radius 3 is 2.73 bits per heavy atom. The van der Waals surface area contributed by atoms with Crippen molar-refractivity contribution in [3.05, 3.63) is 69.9 Å². The fourth-order valence-electron chi connectivity index (χ4n) is 3.92. The molecule has 0 amide bonds. The number of hydrogen-bond donors (Lipinski definition) is 1. The van der Waals surface area contributed by atoms with Crippen LogP contribution in [0.4, 0.5) is 5.88 Å². The fraction of sp³-hybridized carbons (Fsp3) is 0.250. The smallest absolute Gasteiger partial charge is 1.00 e. The van der Waals surface area contributed by atoms with Crippen LogP contribution >= 0.6 is 11.8 Å². The first-order valence-electron chi connectivity index (χ1n) is 10.3. The van der Waals surface area contributed by atoms with E-state index in [1.54, 1.807) is 23.9 Å². The molecule has 5 rings (SSSR count). The molecule has 0 aliphatic carbocycles. The number of morpholine rings is 1. The Morgan fingerprint density at radius 1 is 1.12 bits per heavy atom. The monoisotopic (exact) mass is 475 g/mol. The van der Waals surface area contributed by atoms with Crippen LogP contribution in [0.2, 0.25) is 0 Å². The van der Waals surface area contributed by atoms with Crippen molar-refractivity contribution in [3.63, 3.8) is 0 Å². The second-order valence-corrected chi connectivity index (χ2v) is 8.67. The van der Waals surface area contributed by atoms with Crippen molar-refractivity contribution in [2.75, 3.05) is 37.8 Å². The standard InChI is InChI=1S/C24H21NO6S.Na.H/c26-17-12-20(31-22(13-17)25-6-8-29-9-7-25)19-3-1-2-15-10-16-11-18(30-14-23(27)28)4-5-21(16)32-24(15)19;;/h1-5,11-13H,6-10,14H2,(H,27,28);;/q;+1;-1. The number of ether oxygens (including phenoxy) is 2. The number of carboxylic acid groups (broad SMARTS) is 1. The Balaban J connectivity index is 0.00000162. The maximum atomic E-state index is 12.5. The number of aliphatic carboxylic acids is 1. The zero-order valence-electron chi connectivity index (χ0n) is 19.2. The van der Waals surface area contributed by atoms with E-state index in [4.69, 9.17) is 19.0 Å². The van der Waals surface area contributed by atoms with Gasteiger partial charge >= 0.3 is 35.5 Å². The minimum absolute atomic E-state index is 0. The summed E-state index contributed by atoms with van der Waals surface area (Å²) in [4.78, 5) is 27.4. The maximum absolute atomic E-state index is 12.5. The summed E-state index contributed by atoms with van der Waals surface area (Å²) in [6.07, 6.45) is 0.684. The average molecular weight is 475 g/mol. The molecule has 2 aromatic carbocycles. The summed E-state index contributed by atoms with van der Waals surface area (Å²) in [5.74, 6) is 0.645. The molecule has 0 unspecified atom stereocenters. The van der Waals surface area contributed by atoms with E-state index < -0.39 is 5.97 Å². The predicted octanol–water partition coefficient (Wildman–Crippen LogP) is 0.779. The molecule has 1 aromatic heterocycles. The van der Waals surface area contributed by atoms with Gasteiger partial charge in [0, 0.05) is 40.6 Å². The number of benzene rings is 2. The van der Waals surface area contributed by atoms with E-state index in [1.165, 1.54) is 6.07 Å². The Labute approximate surface area is 218 Å². The first kappa shape index (κ1) is 23.9. The van der Waals surface area contributed by atoms with Gasteiger partial charge in [0.1, 0.15) is 11.5 Å². The van der Waals surface area contributed by atoms with Gasteiger partial charge in [-0.1, -0.05) is 30.0 Å². The number of carboxylic acids is 1. The summed E-state index contributed by atoms with van der Waals surface area (Å²) in [5.41, 5.74) is 2.99. The molecule has 7 nitrogen and oxygen atoms in total. The van der Waals surface area contributed by atoms with Crippen molar-refractivity contribution in [3.8, 4) is 17.1 Å². The van der Waals surface area contributed by atoms with Gasteiger partial charge in [-0.15, -0.1) is 0 Å². The van der Waals surface area contributed by atoms with Gasteiger partial charge in [0.15, 0.2) is 17.9 Å². The summed E-state index contributed by atoms with van der Waals surface area (Å²) in [5, 5.41) is 8.83. The molecule has 1 fully saturated rings. The van der Waals surface area contributed by atoms with Gasteiger partial charge in [-0.25, -0.2) is 4.79 Å². The zero-order valence-corrected chi connectivity index (χ0v) is 21.0. The van der Waals surface area contributed by atoms with Crippen molar-refractivity contribution in [2.24, 2.45) is 0 Å². The van der Waals surface area contributed by atoms with Crippen LogP contribution in [0.25, 0.3) is 11.3 Å². The molecule has 3 heterocycles. The Hall–Kier alpha value is -2.23. The quantitative estimate of drug-likeness (QED) is 0.424. The van der Waals surface area contributed by atoms with E-state index in [9.17, 15) is 9.59 Å². The molecule has 1 N–H and O–H groups in total. The van der Waals surface area contributed by atoms with E-state index in [-0.39, 0.29) is 43.0 Å². The third-order valence-corrected chi connectivity index (χ3v) is 6.73. The average Bonchev–Trinajstić information content (AvgIpc) is 2.81. The largest absolute Gasteiger partial charge is 1.00 e. The third-order valence-electron chi connectivity index (χ3n) is 5.43. The Kier molecular flexibility index (Phi) is 7.51. The molecule has 2 aliphatic heterocycles. The molecule has 9 heteroatoms. The van der Waals surface area contributed by atoms with Crippen LogP contribution in [0.5, 0.6) is 5.75 Å². The van der Waals surface area contributed by atoms with Crippen LogP contribution in [0, 0.1) is 0 Å². The van der Waals surface area contributed by atoms with Crippen molar-refractivity contribution in [2.45, 2.75) is 16.2 Å². The minimum Gasteiger partial charge on any atom is -1.00 e. The number of nitrogens with zero attached hydrogens (tertiary/aromatic N) is 1. The number of hydrogen-bond acceptors (Lipinski definition) is 7. The summed E-state index contributed by atoms with van der Waals surface area (Å²) < 4.78 is 16.9. The molecule has 33 heavy (non-hydrogen) atoms. The number of fused-ring (bicyclic) bond motifs is 2. The molecular formula is C24H22NNaO6S. The Morgan fingerprint density at radius 2 is 1.94 bits per heavy atom. The van der Waals surface area contributed by atoms with Crippen molar-refractivity contribution >= 4 is 23.6 Å². The van der Waals surface area contributed by atoms with Crippen LogP contribution in [0.1, 0.15) is 12.6 Å². The van der Waals surface area contributed by atoms with E-state index in [1.807, 2.05) is 29.2 Å². The number of rotatable bonds is 5. The first-order valence-corrected chi connectivity index (χ1v) is 11.1. The molecule has 0 spiro atoms. The molecule has 0 radical (unpaired) electrons. The van der Waals surface area contributed by atoms with E-state index in [0.717, 1.165) is 26.5 Å². The van der Waals surface area contributed by atoms with E-state index >= 15 is 0 Å². The van der Waals surface area contributed by atoms with Crippen molar-refractivity contribution in [1.82, 2.24) is 0 Å². The molecule has 2 aliphatic rings. The number of anilines is 1. The van der Waals surface area contributed by atoms with Crippen LogP contribution < -0.4 is 44.6 Å². The van der Waals surface area contributed by atoms with Gasteiger partial charge in [0.05, 0.1) is 13.2 Å².